The van der Waals surface area contributed by atoms with Crippen LogP contribution < -0.4 is 0 Å². The van der Waals surface area contributed by atoms with Gasteiger partial charge in [-0.1, -0.05) is 31.0 Å². The maximum absolute atomic E-state index is 10.1. The van der Waals surface area contributed by atoms with Gasteiger partial charge in [-0.25, -0.2) is 0 Å². The lowest BCUT2D eigenvalue weighted by atomic mass is 9.82. The number of fused-ring (bicyclic) bond motifs is 1. The zero-order valence-corrected chi connectivity index (χ0v) is 9.32. The van der Waals surface area contributed by atoms with Crippen molar-refractivity contribution in [2.24, 2.45) is 0 Å². The number of aromatic amines is 1. The second kappa shape index (κ2) is 3.95. The number of rotatable bonds is 1. The highest BCUT2D eigenvalue weighted by Gasteiger charge is 2.26. The second-order valence-corrected chi connectivity index (χ2v) is 4.75. The standard InChI is InChI=1S/C14H17NO/c16-14-8-4-2-6-11(14)12-9-15-13-7-3-1-5-10(12)13/h1,3,5,7,9,11,14-16H,2,4,6,8H2/t11-,14-/m0/s1. The van der Waals surface area contributed by atoms with Gasteiger partial charge in [0.15, 0.2) is 0 Å². The quantitative estimate of drug-likeness (QED) is 0.753. The van der Waals surface area contributed by atoms with Gasteiger partial charge in [-0.05, 0) is 24.5 Å². The number of aromatic nitrogens is 1. The third kappa shape index (κ3) is 1.54. The van der Waals surface area contributed by atoms with Crippen LogP contribution in [0.3, 0.4) is 0 Å². The predicted octanol–water partition coefficient (Wildman–Crippen LogP) is 3.19. The van der Waals surface area contributed by atoms with Gasteiger partial charge in [0.1, 0.15) is 0 Å². The molecule has 2 heteroatoms. The molecule has 84 valence electrons. The van der Waals surface area contributed by atoms with Gasteiger partial charge in [-0.3, -0.25) is 0 Å². The Morgan fingerprint density at radius 1 is 1.12 bits per heavy atom. The molecule has 0 amide bonds. The number of aliphatic hydroxyl groups is 1. The molecular formula is C14H17NO. The monoisotopic (exact) mass is 215 g/mol. The lowest BCUT2D eigenvalue weighted by Crippen LogP contribution is -2.22. The van der Waals surface area contributed by atoms with E-state index in [0.29, 0.717) is 5.92 Å². The summed E-state index contributed by atoms with van der Waals surface area (Å²) in [4.78, 5) is 3.29. The number of hydrogen-bond acceptors (Lipinski definition) is 1. The molecule has 3 rings (SSSR count). The lowest BCUT2D eigenvalue weighted by molar-refractivity contribution is 0.107. The molecule has 1 fully saturated rings. The van der Waals surface area contributed by atoms with Crippen molar-refractivity contribution >= 4 is 10.9 Å². The molecule has 2 atom stereocenters. The van der Waals surface area contributed by atoms with Crippen molar-refractivity contribution in [1.82, 2.24) is 4.98 Å². The molecule has 1 saturated carbocycles. The summed E-state index contributed by atoms with van der Waals surface area (Å²) < 4.78 is 0. The van der Waals surface area contributed by atoms with Crippen molar-refractivity contribution in [3.63, 3.8) is 0 Å². The summed E-state index contributed by atoms with van der Waals surface area (Å²) in [5.74, 6) is 0.324. The van der Waals surface area contributed by atoms with Gasteiger partial charge in [0.25, 0.3) is 0 Å². The van der Waals surface area contributed by atoms with Crippen LogP contribution in [0.2, 0.25) is 0 Å². The fourth-order valence-corrected chi connectivity index (χ4v) is 2.87. The first kappa shape index (κ1) is 9.91. The highest BCUT2D eigenvalue weighted by atomic mass is 16.3. The molecule has 1 aliphatic carbocycles. The number of H-pyrrole nitrogens is 1. The van der Waals surface area contributed by atoms with E-state index < -0.39 is 0 Å². The fraction of sp³-hybridized carbons (Fsp3) is 0.429. The Morgan fingerprint density at radius 2 is 1.94 bits per heavy atom. The highest BCUT2D eigenvalue weighted by Crippen LogP contribution is 2.36. The molecular weight excluding hydrogens is 198 g/mol. The largest absolute Gasteiger partial charge is 0.392 e. The minimum absolute atomic E-state index is 0.159. The Kier molecular flexibility index (Phi) is 2.44. The molecule has 0 saturated heterocycles. The summed E-state index contributed by atoms with van der Waals surface area (Å²) in [6.45, 7) is 0. The summed E-state index contributed by atoms with van der Waals surface area (Å²) in [6, 6.07) is 8.34. The maximum Gasteiger partial charge on any atom is 0.0609 e. The molecule has 1 aliphatic rings. The van der Waals surface area contributed by atoms with Crippen molar-refractivity contribution in [3.05, 3.63) is 36.0 Å². The Morgan fingerprint density at radius 3 is 2.81 bits per heavy atom. The van der Waals surface area contributed by atoms with Gasteiger partial charge in [-0.15, -0.1) is 0 Å². The lowest BCUT2D eigenvalue weighted by Gasteiger charge is -2.27. The van der Waals surface area contributed by atoms with Crippen LogP contribution in [0.25, 0.3) is 10.9 Å². The number of para-hydroxylation sites is 1. The fourth-order valence-electron chi connectivity index (χ4n) is 2.87. The molecule has 2 aromatic rings. The van der Waals surface area contributed by atoms with Gasteiger partial charge in [0, 0.05) is 23.0 Å². The minimum atomic E-state index is -0.159. The third-order valence-electron chi connectivity index (χ3n) is 3.75. The predicted molar refractivity (Wildman–Crippen MR) is 65.5 cm³/mol. The Labute approximate surface area is 95.3 Å². The summed E-state index contributed by atoms with van der Waals surface area (Å²) in [6.07, 6.45) is 6.38. The van der Waals surface area contributed by atoms with E-state index in [9.17, 15) is 5.11 Å². The highest BCUT2D eigenvalue weighted by molar-refractivity contribution is 5.83. The Balaban J connectivity index is 2.04. The zero-order chi connectivity index (χ0) is 11.0. The Hall–Kier alpha value is -1.28. The summed E-state index contributed by atoms with van der Waals surface area (Å²) >= 11 is 0. The molecule has 2 nitrogen and oxygen atoms in total. The summed E-state index contributed by atoms with van der Waals surface area (Å²) in [5.41, 5.74) is 2.47. The van der Waals surface area contributed by atoms with E-state index in [1.165, 1.54) is 29.3 Å². The van der Waals surface area contributed by atoms with E-state index in [1.807, 2.05) is 6.07 Å². The van der Waals surface area contributed by atoms with Gasteiger partial charge >= 0.3 is 0 Å². The molecule has 1 heterocycles. The van der Waals surface area contributed by atoms with Crippen molar-refractivity contribution < 1.29 is 5.11 Å². The van der Waals surface area contributed by atoms with Crippen LogP contribution in [0, 0.1) is 0 Å². The van der Waals surface area contributed by atoms with Gasteiger partial charge in [0.05, 0.1) is 6.10 Å². The van der Waals surface area contributed by atoms with E-state index in [2.05, 4.69) is 29.4 Å². The van der Waals surface area contributed by atoms with Crippen LogP contribution in [-0.4, -0.2) is 16.2 Å². The van der Waals surface area contributed by atoms with E-state index in [1.54, 1.807) is 0 Å². The topological polar surface area (TPSA) is 36.0 Å². The van der Waals surface area contributed by atoms with Gasteiger partial charge < -0.3 is 10.1 Å². The van der Waals surface area contributed by atoms with Gasteiger partial charge in [0.2, 0.25) is 0 Å². The summed E-state index contributed by atoms with van der Waals surface area (Å²) in [7, 11) is 0. The van der Waals surface area contributed by atoms with Crippen LogP contribution in [-0.2, 0) is 0 Å². The third-order valence-corrected chi connectivity index (χ3v) is 3.75. The zero-order valence-electron chi connectivity index (χ0n) is 9.32. The molecule has 0 bridgehead atoms. The van der Waals surface area contributed by atoms with Crippen LogP contribution in [0.1, 0.15) is 37.2 Å². The number of aliphatic hydroxyl groups excluding tert-OH is 1. The number of nitrogens with one attached hydrogen (secondary N) is 1. The SMILES string of the molecule is O[C@H]1CCCC[C@H]1c1c[nH]c2ccccc12. The first-order chi connectivity index (χ1) is 7.86. The van der Waals surface area contributed by atoms with Crippen molar-refractivity contribution in [2.45, 2.75) is 37.7 Å². The Bertz CT molecular complexity index is 488. The summed E-state index contributed by atoms with van der Waals surface area (Å²) in [5, 5.41) is 11.4. The molecule has 0 radical (unpaired) electrons. The van der Waals surface area contributed by atoms with E-state index in [4.69, 9.17) is 0 Å². The maximum atomic E-state index is 10.1. The van der Waals surface area contributed by atoms with E-state index in [0.717, 1.165) is 12.8 Å². The van der Waals surface area contributed by atoms with E-state index in [-0.39, 0.29) is 6.10 Å². The average molecular weight is 215 g/mol. The normalized spacial score (nSPS) is 26.1. The first-order valence-corrected chi connectivity index (χ1v) is 6.10. The second-order valence-electron chi connectivity index (χ2n) is 4.75. The van der Waals surface area contributed by atoms with Gasteiger partial charge in [-0.2, -0.15) is 0 Å². The van der Waals surface area contributed by atoms with Crippen LogP contribution >= 0.6 is 0 Å². The molecule has 0 spiro atoms. The molecule has 0 unspecified atom stereocenters. The van der Waals surface area contributed by atoms with Crippen LogP contribution in [0.5, 0.6) is 0 Å². The molecule has 2 N–H and O–H groups in total. The van der Waals surface area contributed by atoms with Crippen LogP contribution in [0.4, 0.5) is 0 Å². The molecule has 16 heavy (non-hydrogen) atoms. The van der Waals surface area contributed by atoms with Crippen molar-refractivity contribution in [1.29, 1.82) is 0 Å². The van der Waals surface area contributed by atoms with Crippen LogP contribution in [0.15, 0.2) is 30.5 Å². The van der Waals surface area contributed by atoms with Crippen molar-refractivity contribution in [2.75, 3.05) is 0 Å². The first-order valence-electron chi connectivity index (χ1n) is 6.10. The molecule has 1 aromatic heterocycles. The smallest absolute Gasteiger partial charge is 0.0609 e. The number of hydrogen-bond donors (Lipinski definition) is 2. The van der Waals surface area contributed by atoms with Crippen molar-refractivity contribution in [3.8, 4) is 0 Å². The molecule has 1 aromatic carbocycles. The van der Waals surface area contributed by atoms with E-state index >= 15 is 0 Å². The minimum Gasteiger partial charge on any atom is -0.392 e. The average Bonchev–Trinajstić information content (AvgIpc) is 2.74. The number of benzene rings is 1. The molecule has 0 aliphatic heterocycles.